The first kappa shape index (κ1) is 18.8. The zero-order valence-electron chi connectivity index (χ0n) is 15.3. The average molecular weight is 405 g/mol. The summed E-state index contributed by atoms with van der Waals surface area (Å²) >= 11 is 0. The number of fused-ring (bicyclic) bond motifs is 1. The number of nitrogens with one attached hydrogen (secondary N) is 1. The Hall–Kier alpha value is -3.50. The predicted octanol–water partition coefficient (Wildman–Crippen LogP) is 3.53. The van der Waals surface area contributed by atoms with Crippen molar-refractivity contribution in [3.05, 3.63) is 71.4 Å². The van der Waals surface area contributed by atoms with Gasteiger partial charge in [-0.25, -0.2) is 14.4 Å². The lowest BCUT2D eigenvalue weighted by Crippen LogP contribution is -2.19. The Bertz CT molecular complexity index is 1160. The molecule has 150 valence electrons. The van der Waals surface area contributed by atoms with Gasteiger partial charge in [0.2, 0.25) is 0 Å². The smallest absolute Gasteiger partial charge is 0.356 e. The molecule has 0 fully saturated rings. The molecular weight excluding hydrogens is 390 g/mol. The van der Waals surface area contributed by atoms with Crippen LogP contribution in [-0.4, -0.2) is 29.1 Å². The van der Waals surface area contributed by atoms with E-state index in [4.69, 9.17) is 0 Å². The summed E-state index contributed by atoms with van der Waals surface area (Å²) < 4.78 is 55.3. The van der Waals surface area contributed by atoms with Crippen molar-refractivity contribution >= 4 is 11.6 Å². The Morgan fingerprint density at radius 3 is 2.45 bits per heavy atom. The molecule has 11 heteroatoms. The van der Waals surface area contributed by atoms with Gasteiger partial charge in [0.15, 0.2) is 0 Å². The van der Waals surface area contributed by atoms with Crippen LogP contribution in [0.25, 0.3) is 5.78 Å². The largest absolute Gasteiger partial charge is 0.453 e. The number of alkyl halides is 3. The van der Waals surface area contributed by atoms with E-state index in [2.05, 4.69) is 25.4 Å². The quantitative estimate of drug-likeness (QED) is 0.526. The summed E-state index contributed by atoms with van der Waals surface area (Å²) in [6.07, 6.45) is -1.37. The Morgan fingerprint density at radius 2 is 1.83 bits per heavy atom. The van der Waals surface area contributed by atoms with E-state index in [1.807, 2.05) is 0 Å². The highest BCUT2D eigenvalue weighted by Crippen LogP contribution is 2.29. The van der Waals surface area contributed by atoms with Crippen LogP contribution in [0.2, 0.25) is 0 Å². The minimum Gasteiger partial charge on any atom is -0.356 e. The first-order chi connectivity index (χ1) is 13.7. The van der Waals surface area contributed by atoms with Crippen molar-refractivity contribution in [1.29, 1.82) is 0 Å². The summed E-state index contributed by atoms with van der Waals surface area (Å²) in [5.41, 5.74) is 1.12. The highest BCUT2D eigenvalue weighted by Gasteiger charge is 2.37. The van der Waals surface area contributed by atoms with Crippen LogP contribution < -0.4 is 5.32 Å². The topological polar surface area (TPSA) is 72.9 Å². The monoisotopic (exact) mass is 405 g/mol. The SMILES string of the molecule is Cc1cc(NC(c2ccc(F)cc2)c2nccn2C)n2nc(C(F)(F)F)nc2n1. The molecule has 3 aromatic heterocycles. The second-order valence-electron chi connectivity index (χ2n) is 6.45. The average Bonchev–Trinajstić information content (AvgIpc) is 3.26. The third-order valence-corrected chi connectivity index (χ3v) is 4.31. The molecule has 29 heavy (non-hydrogen) atoms. The summed E-state index contributed by atoms with van der Waals surface area (Å²) in [5, 5.41) is 6.71. The zero-order chi connectivity index (χ0) is 20.8. The van der Waals surface area contributed by atoms with Gasteiger partial charge in [-0.1, -0.05) is 12.1 Å². The number of nitrogens with zero attached hydrogens (tertiary/aromatic N) is 6. The van der Waals surface area contributed by atoms with Gasteiger partial charge in [0.05, 0.1) is 0 Å². The lowest BCUT2D eigenvalue weighted by atomic mass is 10.1. The number of hydrogen-bond acceptors (Lipinski definition) is 5. The number of hydrogen-bond donors (Lipinski definition) is 1. The molecule has 0 aliphatic heterocycles. The molecule has 0 aliphatic carbocycles. The van der Waals surface area contributed by atoms with Crippen LogP contribution in [0.5, 0.6) is 0 Å². The standard InChI is InChI=1S/C18H15F4N7/c1-10-9-13(29-17(24-10)26-16(27-29)18(20,21)22)25-14(15-23-7-8-28(15)2)11-3-5-12(19)6-4-11/h3-9,14,25H,1-2H3. The maximum Gasteiger partial charge on any atom is 0.453 e. The van der Waals surface area contributed by atoms with Gasteiger partial charge in [0.25, 0.3) is 11.6 Å². The molecule has 0 saturated heterocycles. The van der Waals surface area contributed by atoms with E-state index in [1.54, 1.807) is 49.1 Å². The van der Waals surface area contributed by atoms with Crippen LogP contribution in [-0.2, 0) is 13.2 Å². The van der Waals surface area contributed by atoms with Crippen molar-refractivity contribution in [3.63, 3.8) is 0 Å². The first-order valence-corrected chi connectivity index (χ1v) is 8.53. The molecule has 1 N–H and O–H groups in total. The van der Waals surface area contributed by atoms with Crippen LogP contribution in [0.1, 0.15) is 28.9 Å². The van der Waals surface area contributed by atoms with Crippen LogP contribution in [0.4, 0.5) is 23.4 Å². The van der Waals surface area contributed by atoms with E-state index in [-0.39, 0.29) is 11.6 Å². The Labute approximate surface area is 162 Å². The molecule has 3 heterocycles. The lowest BCUT2D eigenvalue weighted by Gasteiger charge is -2.20. The molecule has 0 bridgehead atoms. The fraction of sp³-hybridized carbons (Fsp3) is 0.222. The number of halogens is 4. The van der Waals surface area contributed by atoms with Gasteiger partial charge in [0.1, 0.15) is 23.5 Å². The van der Waals surface area contributed by atoms with Crippen LogP contribution in [0.3, 0.4) is 0 Å². The maximum absolute atomic E-state index is 13.4. The fourth-order valence-electron chi connectivity index (χ4n) is 2.97. The third-order valence-electron chi connectivity index (χ3n) is 4.31. The lowest BCUT2D eigenvalue weighted by molar-refractivity contribution is -0.144. The van der Waals surface area contributed by atoms with Crippen molar-refractivity contribution in [2.45, 2.75) is 19.1 Å². The predicted molar refractivity (Wildman–Crippen MR) is 95.6 cm³/mol. The fourth-order valence-corrected chi connectivity index (χ4v) is 2.97. The van der Waals surface area contributed by atoms with Gasteiger partial charge in [-0.15, -0.1) is 5.10 Å². The van der Waals surface area contributed by atoms with Crippen molar-refractivity contribution in [3.8, 4) is 0 Å². The van der Waals surface area contributed by atoms with E-state index in [9.17, 15) is 17.6 Å². The Morgan fingerprint density at radius 1 is 1.10 bits per heavy atom. The van der Waals surface area contributed by atoms with Gasteiger partial charge < -0.3 is 9.88 Å². The van der Waals surface area contributed by atoms with Crippen molar-refractivity contribution in [2.75, 3.05) is 5.32 Å². The van der Waals surface area contributed by atoms with Gasteiger partial charge >= 0.3 is 6.18 Å². The third kappa shape index (κ3) is 3.62. The van der Waals surface area contributed by atoms with E-state index in [0.717, 1.165) is 4.52 Å². The number of benzene rings is 1. The van der Waals surface area contributed by atoms with Crippen molar-refractivity contribution in [2.24, 2.45) is 7.05 Å². The number of aryl methyl sites for hydroxylation is 2. The van der Waals surface area contributed by atoms with E-state index in [0.29, 0.717) is 17.1 Å². The minimum absolute atomic E-state index is 0.183. The second kappa shape index (κ2) is 6.83. The van der Waals surface area contributed by atoms with E-state index >= 15 is 0 Å². The summed E-state index contributed by atoms with van der Waals surface area (Å²) in [4.78, 5) is 11.8. The Kier molecular flexibility index (Phi) is 4.44. The van der Waals surface area contributed by atoms with Gasteiger partial charge in [-0.05, 0) is 24.6 Å². The van der Waals surface area contributed by atoms with E-state index in [1.165, 1.54) is 12.1 Å². The highest BCUT2D eigenvalue weighted by atomic mass is 19.4. The van der Waals surface area contributed by atoms with Crippen molar-refractivity contribution in [1.82, 2.24) is 29.1 Å². The maximum atomic E-state index is 13.4. The first-order valence-electron chi connectivity index (χ1n) is 8.53. The molecule has 1 unspecified atom stereocenters. The number of aromatic nitrogens is 6. The summed E-state index contributed by atoms with van der Waals surface area (Å²) in [6, 6.07) is 6.74. The molecule has 4 aromatic rings. The summed E-state index contributed by atoms with van der Waals surface area (Å²) in [7, 11) is 1.78. The minimum atomic E-state index is -4.70. The molecule has 4 rings (SSSR count). The summed E-state index contributed by atoms with van der Waals surface area (Å²) in [5.74, 6) is -1.05. The number of imidazole rings is 1. The molecule has 0 saturated carbocycles. The zero-order valence-corrected chi connectivity index (χ0v) is 15.3. The van der Waals surface area contributed by atoms with Gasteiger partial charge in [-0.3, -0.25) is 0 Å². The molecule has 0 amide bonds. The van der Waals surface area contributed by atoms with Crippen LogP contribution in [0.15, 0.2) is 42.7 Å². The molecule has 1 atom stereocenters. The van der Waals surface area contributed by atoms with Crippen LogP contribution >= 0.6 is 0 Å². The highest BCUT2D eigenvalue weighted by molar-refractivity contribution is 5.49. The van der Waals surface area contributed by atoms with Gasteiger partial charge in [0, 0.05) is 31.2 Å². The molecular formula is C18H15F4N7. The Balaban J connectivity index is 1.84. The number of rotatable bonds is 4. The van der Waals surface area contributed by atoms with Crippen LogP contribution in [0, 0.1) is 12.7 Å². The molecule has 0 spiro atoms. The number of anilines is 1. The van der Waals surface area contributed by atoms with Gasteiger partial charge in [-0.2, -0.15) is 22.7 Å². The summed E-state index contributed by atoms with van der Waals surface area (Å²) in [6.45, 7) is 1.64. The van der Waals surface area contributed by atoms with E-state index < -0.39 is 23.9 Å². The molecule has 7 nitrogen and oxygen atoms in total. The van der Waals surface area contributed by atoms with Crippen molar-refractivity contribution < 1.29 is 17.6 Å². The normalized spacial score (nSPS) is 13.0. The molecule has 1 aromatic carbocycles. The second-order valence-corrected chi connectivity index (χ2v) is 6.45. The molecule has 0 aliphatic rings. The molecule has 0 radical (unpaired) electrons.